The highest BCUT2D eigenvalue weighted by atomic mass is 32.1. The van der Waals surface area contributed by atoms with E-state index >= 15 is 0 Å². The summed E-state index contributed by atoms with van der Waals surface area (Å²) >= 11 is 1.56. The fraction of sp³-hybridized carbons (Fsp3) is 0. The summed E-state index contributed by atoms with van der Waals surface area (Å²) in [5, 5.41) is 13.1. The number of aromatic nitrogens is 2. The van der Waals surface area contributed by atoms with Crippen molar-refractivity contribution in [3.63, 3.8) is 0 Å². The minimum atomic E-state index is 0.697. The number of oxime groups is 1. The average Bonchev–Trinajstić information content (AvgIpc) is 2.53. The first-order valence-corrected chi connectivity index (χ1v) is 3.87. The lowest BCUT2D eigenvalue weighted by Crippen LogP contribution is -1.78. The highest BCUT2D eigenvalue weighted by molar-refractivity contribution is 7.15. The van der Waals surface area contributed by atoms with Gasteiger partial charge in [-0.05, 0) is 0 Å². The van der Waals surface area contributed by atoms with E-state index in [4.69, 9.17) is 5.21 Å². The molecule has 0 aliphatic carbocycles. The second kappa shape index (κ2) is 2.35. The maximum atomic E-state index is 8.26. The molecule has 4 nitrogen and oxygen atoms in total. The van der Waals surface area contributed by atoms with Gasteiger partial charge in [0.15, 0.2) is 0 Å². The summed E-state index contributed by atoms with van der Waals surface area (Å²) in [6.07, 6.45) is 4.91. The van der Waals surface area contributed by atoms with Gasteiger partial charge in [-0.1, -0.05) is 5.16 Å². The average molecular weight is 167 g/mol. The zero-order valence-corrected chi connectivity index (χ0v) is 6.32. The van der Waals surface area contributed by atoms with Crippen LogP contribution in [0, 0.1) is 0 Å². The van der Waals surface area contributed by atoms with E-state index in [1.54, 1.807) is 17.7 Å². The first kappa shape index (κ1) is 6.36. The lowest BCUT2D eigenvalue weighted by molar-refractivity contribution is 0.322. The van der Waals surface area contributed by atoms with Gasteiger partial charge in [0.25, 0.3) is 0 Å². The molecule has 56 valence electrons. The molecule has 0 fully saturated rings. The summed E-state index contributed by atoms with van der Waals surface area (Å²) in [7, 11) is 0. The van der Waals surface area contributed by atoms with Crippen molar-refractivity contribution < 1.29 is 5.21 Å². The van der Waals surface area contributed by atoms with Crippen molar-refractivity contribution in [2.75, 3.05) is 0 Å². The Labute approximate surface area is 66.4 Å². The van der Waals surface area contributed by atoms with Crippen LogP contribution in [0.3, 0.4) is 0 Å². The Bertz CT molecular complexity index is 389. The quantitative estimate of drug-likeness (QED) is 0.394. The predicted molar refractivity (Wildman–Crippen MR) is 42.4 cm³/mol. The third kappa shape index (κ3) is 0.894. The van der Waals surface area contributed by atoms with Crippen LogP contribution in [0.15, 0.2) is 23.1 Å². The van der Waals surface area contributed by atoms with Gasteiger partial charge in [-0.25, -0.2) is 4.98 Å². The van der Waals surface area contributed by atoms with Crippen molar-refractivity contribution in [2.24, 2.45) is 5.16 Å². The maximum absolute atomic E-state index is 8.26. The number of thiazole rings is 1. The Morgan fingerprint density at radius 3 is 3.45 bits per heavy atom. The molecule has 0 bridgehead atoms. The molecule has 0 saturated carbocycles. The number of hydrogen-bond acceptors (Lipinski definition) is 4. The van der Waals surface area contributed by atoms with E-state index in [1.165, 1.54) is 6.21 Å². The van der Waals surface area contributed by atoms with E-state index in [2.05, 4.69) is 10.1 Å². The van der Waals surface area contributed by atoms with Crippen LogP contribution < -0.4 is 0 Å². The Balaban J connectivity index is 2.68. The summed E-state index contributed by atoms with van der Waals surface area (Å²) in [6.45, 7) is 0. The van der Waals surface area contributed by atoms with Crippen LogP contribution in [0.2, 0.25) is 0 Å². The normalized spacial score (nSPS) is 11.6. The molecule has 0 unspecified atom stereocenters. The lowest BCUT2D eigenvalue weighted by Gasteiger charge is -1.79. The van der Waals surface area contributed by atoms with E-state index in [0.29, 0.717) is 5.69 Å². The number of nitrogens with zero attached hydrogens (tertiary/aromatic N) is 3. The van der Waals surface area contributed by atoms with Gasteiger partial charge in [0.2, 0.25) is 0 Å². The van der Waals surface area contributed by atoms with Gasteiger partial charge >= 0.3 is 0 Å². The van der Waals surface area contributed by atoms with E-state index in [1.807, 2.05) is 16.0 Å². The van der Waals surface area contributed by atoms with Gasteiger partial charge in [0, 0.05) is 11.6 Å². The number of rotatable bonds is 1. The largest absolute Gasteiger partial charge is 0.411 e. The summed E-state index contributed by atoms with van der Waals surface area (Å²) in [5.41, 5.74) is 0.697. The molecule has 0 amide bonds. The molecule has 0 aliphatic rings. The monoisotopic (exact) mass is 167 g/mol. The molecule has 0 saturated heterocycles. The lowest BCUT2D eigenvalue weighted by atomic mass is 10.5. The minimum absolute atomic E-state index is 0.697. The van der Waals surface area contributed by atoms with Gasteiger partial charge < -0.3 is 5.21 Å². The Morgan fingerprint density at radius 1 is 1.73 bits per heavy atom. The van der Waals surface area contributed by atoms with E-state index in [0.717, 1.165) is 4.83 Å². The first-order chi connectivity index (χ1) is 5.42. The zero-order valence-electron chi connectivity index (χ0n) is 5.51. The molecular weight excluding hydrogens is 162 g/mol. The summed E-state index contributed by atoms with van der Waals surface area (Å²) in [4.78, 5) is 5.00. The summed E-state index contributed by atoms with van der Waals surface area (Å²) in [5.74, 6) is 0. The Morgan fingerprint density at radius 2 is 2.64 bits per heavy atom. The van der Waals surface area contributed by atoms with Crippen molar-refractivity contribution >= 4 is 22.4 Å². The molecule has 0 aliphatic heterocycles. The van der Waals surface area contributed by atoms with Crippen LogP contribution >= 0.6 is 11.3 Å². The smallest absolute Gasteiger partial charge is 0.128 e. The molecular formula is C6H5N3OS. The van der Waals surface area contributed by atoms with Crippen LogP contribution in [0.25, 0.3) is 4.83 Å². The molecule has 2 rings (SSSR count). The van der Waals surface area contributed by atoms with Crippen molar-refractivity contribution in [2.45, 2.75) is 0 Å². The summed E-state index contributed by atoms with van der Waals surface area (Å²) < 4.78 is 1.88. The van der Waals surface area contributed by atoms with E-state index in [9.17, 15) is 0 Å². The highest BCUT2D eigenvalue weighted by Gasteiger charge is 2.01. The maximum Gasteiger partial charge on any atom is 0.128 e. The predicted octanol–water partition coefficient (Wildman–Crippen LogP) is 1.20. The van der Waals surface area contributed by atoms with Gasteiger partial charge in [0.1, 0.15) is 16.9 Å². The molecule has 2 aromatic rings. The molecule has 2 aromatic heterocycles. The van der Waals surface area contributed by atoms with E-state index < -0.39 is 0 Å². The van der Waals surface area contributed by atoms with Gasteiger partial charge in [-0.15, -0.1) is 11.3 Å². The summed E-state index contributed by atoms with van der Waals surface area (Å²) in [6, 6.07) is 0. The molecule has 0 atom stereocenters. The molecule has 0 spiro atoms. The van der Waals surface area contributed by atoms with Crippen molar-refractivity contribution in [1.29, 1.82) is 0 Å². The first-order valence-electron chi connectivity index (χ1n) is 2.99. The fourth-order valence-corrected chi connectivity index (χ4v) is 1.67. The second-order valence-corrected chi connectivity index (χ2v) is 2.88. The van der Waals surface area contributed by atoms with Crippen molar-refractivity contribution in [3.05, 3.63) is 23.6 Å². The van der Waals surface area contributed by atoms with Crippen LogP contribution in [0.5, 0.6) is 0 Å². The standard InChI is InChI=1S/C6H5N3OS/c10-8-3-5-6-9(4-7-5)1-2-11-6/h1-4,10H. The fourth-order valence-electron chi connectivity index (χ4n) is 0.895. The zero-order chi connectivity index (χ0) is 7.68. The molecule has 0 aromatic carbocycles. The molecule has 1 N–H and O–H groups in total. The third-order valence-corrected chi connectivity index (χ3v) is 2.26. The van der Waals surface area contributed by atoms with Crippen LogP contribution in [0.4, 0.5) is 0 Å². The van der Waals surface area contributed by atoms with Gasteiger partial charge in [0.05, 0.1) is 6.21 Å². The van der Waals surface area contributed by atoms with Crippen LogP contribution in [0.1, 0.15) is 5.69 Å². The SMILES string of the molecule is ON=Cc1ncn2ccsc12. The van der Waals surface area contributed by atoms with Crippen LogP contribution in [-0.4, -0.2) is 20.8 Å². The number of fused-ring (bicyclic) bond motifs is 1. The van der Waals surface area contributed by atoms with Crippen molar-refractivity contribution in [3.8, 4) is 0 Å². The second-order valence-electron chi connectivity index (χ2n) is 1.99. The third-order valence-electron chi connectivity index (χ3n) is 1.36. The van der Waals surface area contributed by atoms with Crippen molar-refractivity contribution in [1.82, 2.24) is 9.38 Å². The molecule has 2 heterocycles. The van der Waals surface area contributed by atoms with E-state index in [-0.39, 0.29) is 0 Å². The highest BCUT2D eigenvalue weighted by Crippen LogP contribution is 2.13. The van der Waals surface area contributed by atoms with Gasteiger partial charge in [-0.3, -0.25) is 4.40 Å². The Hall–Kier alpha value is -1.36. The Kier molecular flexibility index (Phi) is 1.36. The van der Waals surface area contributed by atoms with Gasteiger partial charge in [-0.2, -0.15) is 0 Å². The molecule has 11 heavy (non-hydrogen) atoms. The topological polar surface area (TPSA) is 49.9 Å². The van der Waals surface area contributed by atoms with Crippen LogP contribution in [-0.2, 0) is 0 Å². The number of imidazole rings is 1. The molecule has 5 heteroatoms. The minimum Gasteiger partial charge on any atom is -0.411 e. The number of hydrogen-bond donors (Lipinski definition) is 1. The molecule has 0 radical (unpaired) electrons.